The molecule has 0 radical (unpaired) electrons. The van der Waals surface area contributed by atoms with Gasteiger partial charge in [0.05, 0.1) is 0 Å². The van der Waals surface area contributed by atoms with Crippen molar-refractivity contribution in [3.05, 3.63) is 53.7 Å². The second-order valence-electron chi connectivity index (χ2n) is 3.55. The quantitative estimate of drug-likeness (QED) is 0.392. The van der Waals surface area contributed by atoms with Gasteiger partial charge in [-0.2, -0.15) is 0 Å². The zero-order chi connectivity index (χ0) is 13.8. The van der Waals surface area contributed by atoms with E-state index in [0.29, 0.717) is 15.5 Å². The highest BCUT2D eigenvalue weighted by Crippen LogP contribution is 2.27. The number of hydrogen-bond acceptors (Lipinski definition) is 4. The number of hydrogen-bond donors (Lipinski definition) is 2. The molecule has 0 aliphatic rings. The van der Waals surface area contributed by atoms with E-state index in [0.717, 1.165) is 12.1 Å². The standard InChI is InChI=1S/C12H9F2N3OS/c13-9-3-2-8(5-10(9)14)19-11-4-1-7(6-16-11)12(15)17-18/h1-6,18H,(H2,15,17). The lowest BCUT2D eigenvalue weighted by atomic mass is 10.3. The summed E-state index contributed by atoms with van der Waals surface area (Å²) in [6.07, 6.45) is 1.43. The maximum absolute atomic E-state index is 13.0. The Balaban J connectivity index is 2.17. The molecule has 7 heteroatoms. The minimum absolute atomic E-state index is 0.0446. The first-order valence-corrected chi connectivity index (χ1v) is 5.98. The highest BCUT2D eigenvalue weighted by Gasteiger charge is 2.05. The van der Waals surface area contributed by atoms with Crippen LogP contribution in [-0.2, 0) is 0 Å². The van der Waals surface area contributed by atoms with E-state index in [4.69, 9.17) is 10.9 Å². The van der Waals surface area contributed by atoms with Crippen molar-refractivity contribution in [2.24, 2.45) is 10.9 Å². The maximum atomic E-state index is 13.0. The van der Waals surface area contributed by atoms with Crippen LogP contribution in [0.1, 0.15) is 5.56 Å². The van der Waals surface area contributed by atoms with Gasteiger partial charge in [-0.25, -0.2) is 13.8 Å². The SMILES string of the molecule is N/C(=N\O)c1ccc(Sc2ccc(F)c(F)c2)nc1. The summed E-state index contributed by atoms with van der Waals surface area (Å²) in [5.41, 5.74) is 5.86. The van der Waals surface area contributed by atoms with Crippen LogP contribution in [0.5, 0.6) is 0 Å². The van der Waals surface area contributed by atoms with E-state index in [1.54, 1.807) is 12.1 Å². The largest absolute Gasteiger partial charge is 0.409 e. The third kappa shape index (κ3) is 3.19. The van der Waals surface area contributed by atoms with Gasteiger partial charge in [-0.15, -0.1) is 0 Å². The Morgan fingerprint density at radius 1 is 1.21 bits per heavy atom. The van der Waals surface area contributed by atoms with Gasteiger partial charge in [-0.3, -0.25) is 0 Å². The maximum Gasteiger partial charge on any atom is 0.171 e. The van der Waals surface area contributed by atoms with Crippen LogP contribution in [0.15, 0.2) is 51.6 Å². The fourth-order valence-electron chi connectivity index (χ4n) is 1.31. The third-order valence-electron chi connectivity index (χ3n) is 2.25. The van der Waals surface area contributed by atoms with Gasteiger partial charge < -0.3 is 10.9 Å². The minimum Gasteiger partial charge on any atom is -0.409 e. The molecular formula is C12H9F2N3OS. The van der Waals surface area contributed by atoms with Gasteiger partial charge in [-0.05, 0) is 30.3 Å². The van der Waals surface area contributed by atoms with Crippen molar-refractivity contribution in [2.45, 2.75) is 9.92 Å². The Morgan fingerprint density at radius 3 is 2.58 bits per heavy atom. The van der Waals surface area contributed by atoms with Crippen LogP contribution in [0.4, 0.5) is 8.78 Å². The molecule has 0 fully saturated rings. The molecule has 0 aliphatic heterocycles. The van der Waals surface area contributed by atoms with Gasteiger partial charge in [0.15, 0.2) is 17.5 Å². The lowest BCUT2D eigenvalue weighted by Gasteiger charge is -2.03. The molecule has 0 aliphatic carbocycles. The predicted molar refractivity (Wildman–Crippen MR) is 67.2 cm³/mol. The molecule has 1 aromatic heterocycles. The highest BCUT2D eigenvalue weighted by atomic mass is 32.2. The Kier molecular flexibility index (Phi) is 3.96. The van der Waals surface area contributed by atoms with Gasteiger partial charge in [0.25, 0.3) is 0 Å². The van der Waals surface area contributed by atoms with Crippen LogP contribution in [0.25, 0.3) is 0 Å². The lowest BCUT2D eigenvalue weighted by Crippen LogP contribution is -2.13. The number of oxime groups is 1. The Labute approximate surface area is 112 Å². The number of halogens is 2. The minimum atomic E-state index is -0.904. The number of nitrogens with two attached hydrogens (primary N) is 1. The van der Waals surface area contributed by atoms with Gasteiger partial charge in [0, 0.05) is 16.7 Å². The monoisotopic (exact) mass is 281 g/mol. The number of aromatic nitrogens is 1. The topological polar surface area (TPSA) is 71.5 Å². The highest BCUT2D eigenvalue weighted by molar-refractivity contribution is 7.99. The van der Waals surface area contributed by atoms with Crippen molar-refractivity contribution in [1.29, 1.82) is 0 Å². The van der Waals surface area contributed by atoms with Crippen LogP contribution in [0, 0.1) is 11.6 Å². The van der Waals surface area contributed by atoms with Gasteiger partial charge in [0.1, 0.15) is 5.03 Å². The number of pyridine rings is 1. The fourth-order valence-corrected chi connectivity index (χ4v) is 2.09. The van der Waals surface area contributed by atoms with Crippen molar-refractivity contribution < 1.29 is 14.0 Å². The molecule has 0 spiro atoms. The van der Waals surface area contributed by atoms with E-state index < -0.39 is 11.6 Å². The summed E-state index contributed by atoms with van der Waals surface area (Å²) in [6.45, 7) is 0. The molecule has 1 heterocycles. The van der Waals surface area contributed by atoms with Gasteiger partial charge in [0.2, 0.25) is 0 Å². The summed E-state index contributed by atoms with van der Waals surface area (Å²) >= 11 is 1.18. The first-order valence-electron chi connectivity index (χ1n) is 5.17. The average molecular weight is 281 g/mol. The van der Waals surface area contributed by atoms with E-state index in [1.165, 1.54) is 24.0 Å². The zero-order valence-corrected chi connectivity index (χ0v) is 10.4. The normalized spacial score (nSPS) is 11.6. The van der Waals surface area contributed by atoms with Crippen molar-refractivity contribution >= 4 is 17.6 Å². The Hall–Kier alpha value is -2.15. The number of amidine groups is 1. The molecule has 2 rings (SSSR count). The second-order valence-corrected chi connectivity index (χ2v) is 4.64. The zero-order valence-electron chi connectivity index (χ0n) is 9.55. The van der Waals surface area contributed by atoms with Crippen LogP contribution < -0.4 is 5.73 Å². The lowest BCUT2D eigenvalue weighted by molar-refractivity contribution is 0.318. The van der Waals surface area contributed by atoms with Crippen molar-refractivity contribution in [3.63, 3.8) is 0 Å². The summed E-state index contributed by atoms with van der Waals surface area (Å²) in [5, 5.41) is 11.9. The van der Waals surface area contributed by atoms with Gasteiger partial charge >= 0.3 is 0 Å². The molecule has 0 amide bonds. The molecule has 0 atom stereocenters. The summed E-state index contributed by atoms with van der Waals surface area (Å²) < 4.78 is 25.8. The van der Waals surface area contributed by atoms with E-state index in [2.05, 4.69) is 10.1 Å². The van der Waals surface area contributed by atoms with E-state index >= 15 is 0 Å². The smallest absolute Gasteiger partial charge is 0.171 e. The van der Waals surface area contributed by atoms with Crippen LogP contribution in [-0.4, -0.2) is 16.0 Å². The molecule has 1 aromatic carbocycles. The second kappa shape index (κ2) is 5.66. The summed E-state index contributed by atoms with van der Waals surface area (Å²) in [7, 11) is 0. The molecule has 98 valence electrons. The molecular weight excluding hydrogens is 272 g/mol. The molecule has 0 saturated carbocycles. The average Bonchev–Trinajstić information content (AvgIpc) is 2.43. The summed E-state index contributed by atoms with van der Waals surface area (Å²) in [4.78, 5) is 4.60. The number of benzene rings is 1. The van der Waals surface area contributed by atoms with Crippen molar-refractivity contribution in [2.75, 3.05) is 0 Å². The van der Waals surface area contributed by atoms with E-state index in [-0.39, 0.29) is 5.84 Å². The molecule has 0 bridgehead atoms. The third-order valence-corrected chi connectivity index (χ3v) is 3.19. The number of rotatable bonds is 3. The van der Waals surface area contributed by atoms with Crippen LogP contribution >= 0.6 is 11.8 Å². The fraction of sp³-hybridized carbons (Fsp3) is 0. The van der Waals surface area contributed by atoms with Crippen LogP contribution in [0.2, 0.25) is 0 Å². The summed E-state index contributed by atoms with van der Waals surface area (Å²) in [5.74, 6) is -1.84. The van der Waals surface area contributed by atoms with E-state index in [1.807, 2.05) is 0 Å². The summed E-state index contributed by atoms with van der Waals surface area (Å²) in [6, 6.07) is 6.87. The molecule has 19 heavy (non-hydrogen) atoms. The number of nitrogens with zero attached hydrogens (tertiary/aromatic N) is 2. The van der Waals surface area contributed by atoms with E-state index in [9.17, 15) is 8.78 Å². The first kappa shape index (κ1) is 13.3. The molecule has 0 saturated heterocycles. The van der Waals surface area contributed by atoms with Crippen LogP contribution in [0.3, 0.4) is 0 Å². The first-order chi connectivity index (χ1) is 9.10. The van der Waals surface area contributed by atoms with Crippen molar-refractivity contribution in [3.8, 4) is 0 Å². The molecule has 4 nitrogen and oxygen atoms in total. The molecule has 2 aromatic rings. The Bertz CT molecular complexity index is 617. The predicted octanol–water partition coefficient (Wildman–Crippen LogP) is 2.61. The Morgan fingerprint density at radius 2 is 2.00 bits per heavy atom. The molecule has 3 N–H and O–H groups in total. The molecule has 0 unspecified atom stereocenters. The van der Waals surface area contributed by atoms with Crippen molar-refractivity contribution in [1.82, 2.24) is 4.98 Å². The van der Waals surface area contributed by atoms with Gasteiger partial charge in [-0.1, -0.05) is 16.9 Å².